The molecule has 0 aliphatic heterocycles. The summed E-state index contributed by atoms with van der Waals surface area (Å²) in [5.41, 5.74) is 2.64. The van der Waals surface area contributed by atoms with E-state index in [4.69, 9.17) is 7.85 Å². The van der Waals surface area contributed by atoms with Crippen molar-refractivity contribution in [3.8, 4) is 21.6 Å². The molecule has 3 aromatic rings. The monoisotopic (exact) mass is 342 g/mol. The van der Waals surface area contributed by atoms with Crippen LogP contribution in [0.4, 0.5) is 4.39 Å². The number of rotatable bonds is 3. The molecule has 0 spiro atoms. The minimum Gasteiger partial charge on any atom is -0.224 e. The highest BCUT2D eigenvalue weighted by atomic mass is 32.2. The average molecular weight is 342 g/mol. The van der Waals surface area contributed by atoms with Crippen LogP contribution >= 0.6 is 11.3 Å². The third-order valence-electron chi connectivity index (χ3n) is 3.45. The Balaban J connectivity index is 2.09. The minimum absolute atomic E-state index is 0.271. The topological polar surface area (TPSA) is 34.1 Å². The van der Waals surface area contributed by atoms with Gasteiger partial charge in [0.2, 0.25) is 0 Å². The zero-order chi connectivity index (χ0) is 16.6. The first-order valence-electron chi connectivity index (χ1n) is 6.80. The van der Waals surface area contributed by atoms with Crippen molar-refractivity contribution in [2.24, 2.45) is 0 Å². The van der Waals surface area contributed by atoms with Crippen LogP contribution in [0.2, 0.25) is 0 Å². The first-order chi connectivity index (χ1) is 10.8. The van der Waals surface area contributed by atoms with Crippen LogP contribution in [0.3, 0.4) is 0 Å². The number of halogens is 1. The zero-order valence-corrected chi connectivity index (χ0v) is 13.9. The Morgan fingerprint density at radius 3 is 2.09 bits per heavy atom. The van der Waals surface area contributed by atoms with Crippen molar-refractivity contribution in [3.05, 3.63) is 60.4 Å². The molecular weight excluding hydrogens is 330 g/mol. The van der Waals surface area contributed by atoms with Crippen LogP contribution in [0.25, 0.3) is 21.6 Å². The molecule has 0 aliphatic carbocycles. The maximum atomic E-state index is 13.1. The summed E-state index contributed by atoms with van der Waals surface area (Å²) in [5.74, 6) is -0.294. The lowest BCUT2D eigenvalue weighted by Gasteiger charge is -2.06. The maximum Gasteiger partial charge on any atom is 0.175 e. The second-order valence-electron chi connectivity index (χ2n) is 5.20. The molecule has 0 fully saturated rings. The van der Waals surface area contributed by atoms with Crippen molar-refractivity contribution in [3.63, 3.8) is 0 Å². The highest BCUT2D eigenvalue weighted by Gasteiger charge is 2.13. The third kappa shape index (κ3) is 3.38. The molecule has 114 valence electrons. The molecule has 0 N–H and O–H groups in total. The van der Waals surface area contributed by atoms with Gasteiger partial charge >= 0.3 is 0 Å². The molecule has 0 aliphatic rings. The lowest BCUT2D eigenvalue weighted by Crippen LogP contribution is -1.96. The van der Waals surface area contributed by atoms with Crippen molar-refractivity contribution >= 4 is 33.8 Å². The number of thiophene rings is 1. The number of sulfone groups is 1. The van der Waals surface area contributed by atoms with Gasteiger partial charge in [-0.2, -0.15) is 11.3 Å². The van der Waals surface area contributed by atoms with E-state index in [1.807, 2.05) is 6.07 Å². The molecule has 0 saturated carbocycles. The van der Waals surface area contributed by atoms with E-state index in [1.165, 1.54) is 29.7 Å². The quantitative estimate of drug-likeness (QED) is 0.684. The minimum atomic E-state index is -3.23. The summed E-state index contributed by atoms with van der Waals surface area (Å²) >= 11 is 1.41. The van der Waals surface area contributed by atoms with Crippen LogP contribution in [0, 0.1) is 5.82 Å². The van der Waals surface area contributed by atoms with Crippen LogP contribution in [0.15, 0.2) is 59.5 Å². The van der Waals surface area contributed by atoms with Gasteiger partial charge in [0.05, 0.1) is 4.90 Å². The summed E-state index contributed by atoms with van der Waals surface area (Å²) in [6, 6.07) is 14.7. The Bertz CT molecular complexity index is 943. The van der Waals surface area contributed by atoms with Gasteiger partial charge in [0, 0.05) is 11.1 Å². The van der Waals surface area contributed by atoms with E-state index in [0.717, 1.165) is 21.6 Å². The standard InChI is InChI=1S/C17H12BFO2S2/c1-23(20,21)14-8-4-11(5-9-14)15-10-16(18)22-17(15)12-2-6-13(19)7-3-12/h2-10H,1H3. The van der Waals surface area contributed by atoms with Gasteiger partial charge in [0.15, 0.2) is 9.84 Å². The summed E-state index contributed by atoms with van der Waals surface area (Å²) in [7, 11) is 2.70. The molecule has 0 bridgehead atoms. The average Bonchev–Trinajstić information content (AvgIpc) is 2.89. The van der Waals surface area contributed by atoms with Gasteiger partial charge in [-0.15, -0.1) is 0 Å². The third-order valence-corrected chi connectivity index (χ3v) is 5.59. The second kappa shape index (κ2) is 5.94. The van der Waals surface area contributed by atoms with Gasteiger partial charge in [-0.1, -0.05) is 30.3 Å². The Morgan fingerprint density at radius 2 is 1.52 bits per heavy atom. The fourth-order valence-electron chi connectivity index (χ4n) is 2.32. The normalized spacial score (nSPS) is 11.6. The molecule has 6 heteroatoms. The fraction of sp³-hybridized carbons (Fsp3) is 0.0588. The molecule has 0 amide bonds. The van der Waals surface area contributed by atoms with Crippen molar-refractivity contribution in [1.29, 1.82) is 0 Å². The molecule has 3 rings (SSSR count). The van der Waals surface area contributed by atoms with Crippen molar-refractivity contribution in [1.82, 2.24) is 0 Å². The molecule has 2 aromatic carbocycles. The van der Waals surface area contributed by atoms with Gasteiger partial charge in [-0.3, -0.25) is 0 Å². The van der Waals surface area contributed by atoms with E-state index in [9.17, 15) is 12.8 Å². The van der Waals surface area contributed by atoms with E-state index in [1.54, 1.807) is 36.4 Å². The molecule has 1 aromatic heterocycles. The van der Waals surface area contributed by atoms with E-state index >= 15 is 0 Å². The van der Waals surface area contributed by atoms with Crippen LogP contribution in [0.5, 0.6) is 0 Å². The van der Waals surface area contributed by atoms with E-state index < -0.39 is 9.84 Å². The molecule has 1 heterocycles. The largest absolute Gasteiger partial charge is 0.224 e. The highest BCUT2D eigenvalue weighted by molar-refractivity contribution is 7.90. The Morgan fingerprint density at radius 1 is 0.957 bits per heavy atom. The summed E-state index contributed by atoms with van der Waals surface area (Å²) in [5, 5.41) is 0. The van der Waals surface area contributed by atoms with E-state index in [0.29, 0.717) is 4.78 Å². The molecule has 0 atom stereocenters. The van der Waals surface area contributed by atoms with Crippen LogP contribution in [-0.4, -0.2) is 22.5 Å². The second-order valence-corrected chi connectivity index (χ2v) is 8.29. The van der Waals surface area contributed by atoms with Crippen molar-refractivity contribution in [2.75, 3.05) is 6.26 Å². The predicted molar refractivity (Wildman–Crippen MR) is 93.6 cm³/mol. The van der Waals surface area contributed by atoms with Crippen molar-refractivity contribution in [2.45, 2.75) is 4.90 Å². The van der Waals surface area contributed by atoms with E-state index in [-0.39, 0.29) is 10.7 Å². The van der Waals surface area contributed by atoms with Crippen LogP contribution < -0.4 is 4.78 Å². The number of benzene rings is 2. The summed E-state index contributed by atoms with van der Waals surface area (Å²) in [6.07, 6.45) is 1.18. The maximum absolute atomic E-state index is 13.1. The first-order valence-corrected chi connectivity index (χ1v) is 9.51. The molecule has 2 nitrogen and oxygen atoms in total. The first kappa shape index (κ1) is 16.0. The SMILES string of the molecule is [B]c1cc(-c2ccc(S(C)(=O)=O)cc2)c(-c2ccc(F)cc2)s1. The molecule has 0 saturated heterocycles. The lowest BCUT2D eigenvalue weighted by atomic mass is 9.99. The lowest BCUT2D eigenvalue weighted by molar-refractivity contribution is 0.602. The molecular formula is C17H12BFO2S2. The fourth-order valence-corrected chi connectivity index (χ4v) is 3.91. The summed E-state index contributed by atoms with van der Waals surface area (Å²) in [6.45, 7) is 0. The van der Waals surface area contributed by atoms with Crippen molar-refractivity contribution < 1.29 is 12.8 Å². The Kier molecular flexibility index (Phi) is 4.12. The number of hydrogen-bond donors (Lipinski definition) is 0. The number of hydrogen-bond acceptors (Lipinski definition) is 3. The van der Waals surface area contributed by atoms with Gasteiger partial charge < -0.3 is 0 Å². The predicted octanol–water partition coefficient (Wildman–Crippen LogP) is 3.42. The summed E-state index contributed by atoms with van der Waals surface area (Å²) < 4.78 is 36.9. The smallest absolute Gasteiger partial charge is 0.175 e. The highest BCUT2D eigenvalue weighted by Crippen LogP contribution is 2.35. The molecule has 23 heavy (non-hydrogen) atoms. The zero-order valence-electron chi connectivity index (χ0n) is 12.3. The van der Waals surface area contributed by atoms with E-state index in [2.05, 4.69) is 0 Å². The Hall–Kier alpha value is -1.92. The van der Waals surface area contributed by atoms with Gasteiger partial charge in [-0.25, -0.2) is 12.8 Å². The van der Waals surface area contributed by atoms with Crippen LogP contribution in [0.1, 0.15) is 0 Å². The summed E-state index contributed by atoms with van der Waals surface area (Å²) in [4.78, 5) is 1.20. The van der Waals surface area contributed by atoms with Gasteiger partial charge in [0.1, 0.15) is 13.7 Å². The van der Waals surface area contributed by atoms with Gasteiger partial charge in [0.25, 0.3) is 0 Å². The molecule has 0 unspecified atom stereocenters. The molecule has 2 radical (unpaired) electrons. The van der Waals surface area contributed by atoms with Crippen LogP contribution in [-0.2, 0) is 9.84 Å². The van der Waals surface area contributed by atoms with Gasteiger partial charge in [-0.05, 0) is 45.7 Å². The Labute approximate surface area is 139 Å².